The highest BCUT2D eigenvalue weighted by Gasteiger charge is 2.16. The fraction of sp³-hybridized carbons (Fsp3) is 0.0476. The van der Waals surface area contributed by atoms with Crippen molar-refractivity contribution in [1.29, 1.82) is 0 Å². The summed E-state index contributed by atoms with van der Waals surface area (Å²) in [5.74, 6) is -1.73. The molecule has 7 heteroatoms. The van der Waals surface area contributed by atoms with Crippen LogP contribution in [0.4, 0.5) is 15.8 Å². The maximum atomic E-state index is 13.9. The lowest BCUT2D eigenvalue weighted by molar-refractivity contribution is 0.101. The van der Waals surface area contributed by atoms with Crippen LogP contribution in [0.3, 0.4) is 0 Å². The topological polar surface area (TPSA) is 78.4 Å². The molecule has 0 aliphatic rings. The summed E-state index contributed by atoms with van der Waals surface area (Å²) in [4.78, 5) is 24.8. The van der Waals surface area contributed by atoms with Crippen molar-refractivity contribution in [3.05, 3.63) is 88.2 Å². The van der Waals surface area contributed by atoms with E-state index >= 15 is 0 Å². The molecule has 0 saturated heterocycles. The van der Waals surface area contributed by atoms with E-state index in [0.29, 0.717) is 16.9 Å². The first-order chi connectivity index (χ1) is 13.3. The highest BCUT2D eigenvalue weighted by molar-refractivity contribution is 6.34. The van der Waals surface area contributed by atoms with Gasteiger partial charge in [-0.2, -0.15) is 0 Å². The standard InChI is InChI=1S/C21H16ClFN2O3/c1-12-5-8-14(24-21(28)19-16(22)3-2-4-17(19)23)11-18(12)25-20(27)13-6-9-15(26)10-7-13/h2-11,26H,1H3,(H,24,28)(H,25,27). The minimum Gasteiger partial charge on any atom is -0.508 e. The van der Waals surface area contributed by atoms with E-state index in [0.717, 1.165) is 11.6 Å². The molecule has 0 unspecified atom stereocenters. The van der Waals surface area contributed by atoms with Crippen molar-refractivity contribution in [2.75, 3.05) is 10.6 Å². The summed E-state index contributed by atoms with van der Waals surface area (Å²) in [5.41, 5.74) is 1.74. The van der Waals surface area contributed by atoms with Gasteiger partial charge in [-0.1, -0.05) is 23.7 Å². The van der Waals surface area contributed by atoms with Crippen LogP contribution in [-0.4, -0.2) is 16.9 Å². The van der Waals surface area contributed by atoms with E-state index in [4.69, 9.17) is 11.6 Å². The highest BCUT2D eigenvalue weighted by Crippen LogP contribution is 2.24. The van der Waals surface area contributed by atoms with Crippen LogP contribution in [-0.2, 0) is 0 Å². The third kappa shape index (κ3) is 4.29. The number of rotatable bonds is 4. The maximum absolute atomic E-state index is 13.9. The molecule has 0 radical (unpaired) electrons. The van der Waals surface area contributed by atoms with Gasteiger partial charge in [-0.05, 0) is 61.0 Å². The number of halogens is 2. The van der Waals surface area contributed by atoms with Gasteiger partial charge in [0.25, 0.3) is 11.8 Å². The predicted octanol–water partition coefficient (Wildman–Crippen LogP) is 5.00. The first-order valence-corrected chi connectivity index (χ1v) is 8.69. The van der Waals surface area contributed by atoms with Crippen LogP contribution in [0.1, 0.15) is 26.3 Å². The fourth-order valence-corrected chi connectivity index (χ4v) is 2.80. The van der Waals surface area contributed by atoms with E-state index in [1.807, 2.05) is 0 Å². The summed E-state index contributed by atoms with van der Waals surface area (Å²) >= 11 is 5.92. The number of aromatic hydroxyl groups is 1. The van der Waals surface area contributed by atoms with Crippen LogP contribution in [0.5, 0.6) is 5.75 Å². The average Bonchev–Trinajstić information content (AvgIpc) is 2.65. The van der Waals surface area contributed by atoms with Crippen LogP contribution in [0.2, 0.25) is 5.02 Å². The molecule has 0 bridgehead atoms. The third-order valence-corrected chi connectivity index (χ3v) is 4.38. The van der Waals surface area contributed by atoms with Crippen molar-refractivity contribution < 1.29 is 19.1 Å². The SMILES string of the molecule is Cc1ccc(NC(=O)c2c(F)cccc2Cl)cc1NC(=O)c1ccc(O)cc1. The number of nitrogens with one attached hydrogen (secondary N) is 2. The molecule has 0 saturated carbocycles. The number of phenols is 1. The van der Waals surface area contributed by atoms with E-state index in [-0.39, 0.29) is 22.2 Å². The molecule has 0 aromatic heterocycles. The summed E-state index contributed by atoms with van der Waals surface area (Å²) in [6.45, 7) is 1.80. The van der Waals surface area contributed by atoms with Crippen molar-refractivity contribution in [2.24, 2.45) is 0 Å². The number of aryl methyl sites for hydroxylation is 1. The quantitative estimate of drug-likeness (QED) is 0.578. The molecular formula is C21H16ClFN2O3. The van der Waals surface area contributed by atoms with Gasteiger partial charge in [0.05, 0.1) is 10.6 Å². The van der Waals surface area contributed by atoms with Crippen LogP contribution >= 0.6 is 11.6 Å². The molecule has 3 aromatic carbocycles. The van der Waals surface area contributed by atoms with Gasteiger partial charge in [-0.15, -0.1) is 0 Å². The lowest BCUT2D eigenvalue weighted by Crippen LogP contribution is -2.16. The molecule has 2 amide bonds. The molecule has 3 aromatic rings. The smallest absolute Gasteiger partial charge is 0.260 e. The minimum absolute atomic E-state index is 0.00506. The molecule has 142 valence electrons. The largest absolute Gasteiger partial charge is 0.508 e. The number of carbonyl (C=O) groups excluding carboxylic acids is 2. The number of benzene rings is 3. The zero-order chi connectivity index (χ0) is 20.3. The van der Waals surface area contributed by atoms with Gasteiger partial charge in [0.15, 0.2) is 0 Å². The van der Waals surface area contributed by atoms with Gasteiger partial charge in [0.1, 0.15) is 11.6 Å². The molecule has 3 N–H and O–H groups in total. The van der Waals surface area contributed by atoms with Crippen LogP contribution < -0.4 is 10.6 Å². The average molecular weight is 399 g/mol. The Bertz CT molecular complexity index is 1030. The molecule has 0 fully saturated rings. The van der Waals surface area contributed by atoms with Crippen molar-refractivity contribution in [1.82, 2.24) is 0 Å². The van der Waals surface area contributed by atoms with Crippen molar-refractivity contribution >= 4 is 34.8 Å². The van der Waals surface area contributed by atoms with Gasteiger partial charge < -0.3 is 15.7 Å². The van der Waals surface area contributed by atoms with Crippen molar-refractivity contribution in [3.63, 3.8) is 0 Å². The Labute approximate surface area is 165 Å². The Morgan fingerprint density at radius 2 is 1.68 bits per heavy atom. The number of amides is 2. The molecule has 0 aliphatic carbocycles. The Hall–Kier alpha value is -3.38. The minimum atomic E-state index is -0.724. The number of phenolic OH excluding ortho intramolecular Hbond substituents is 1. The Balaban J connectivity index is 1.80. The van der Waals surface area contributed by atoms with Gasteiger partial charge in [0.2, 0.25) is 0 Å². The normalized spacial score (nSPS) is 10.4. The van der Waals surface area contributed by atoms with Crippen molar-refractivity contribution in [3.8, 4) is 5.75 Å². The monoisotopic (exact) mass is 398 g/mol. The van der Waals surface area contributed by atoms with Gasteiger partial charge in [-0.25, -0.2) is 4.39 Å². The number of anilines is 2. The van der Waals surface area contributed by atoms with Crippen LogP contribution in [0.25, 0.3) is 0 Å². The number of carbonyl (C=O) groups is 2. The summed E-state index contributed by atoms with van der Waals surface area (Å²) in [5, 5.41) is 14.7. The van der Waals surface area contributed by atoms with Crippen LogP contribution in [0.15, 0.2) is 60.7 Å². The first kappa shape index (κ1) is 19.4. The second kappa shape index (κ2) is 8.10. The second-order valence-electron chi connectivity index (χ2n) is 6.08. The van der Waals surface area contributed by atoms with Gasteiger partial charge >= 0.3 is 0 Å². The van der Waals surface area contributed by atoms with E-state index in [1.165, 1.54) is 36.4 Å². The summed E-state index contributed by atoms with van der Waals surface area (Å²) in [6, 6.07) is 14.7. The maximum Gasteiger partial charge on any atom is 0.260 e. The Morgan fingerprint density at radius 1 is 0.964 bits per heavy atom. The molecule has 0 aliphatic heterocycles. The predicted molar refractivity (Wildman–Crippen MR) is 107 cm³/mol. The molecule has 5 nitrogen and oxygen atoms in total. The second-order valence-corrected chi connectivity index (χ2v) is 6.49. The molecule has 0 spiro atoms. The lowest BCUT2D eigenvalue weighted by atomic mass is 10.1. The summed E-state index contributed by atoms with van der Waals surface area (Å²) in [6.07, 6.45) is 0. The van der Waals surface area contributed by atoms with E-state index < -0.39 is 11.7 Å². The summed E-state index contributed by atoms with van der Waals surface area (Å²) < 4.78 is 13.9. The van der Waals surface area contributed by atoms with Crippen LogP contribution in [0, 0.1) is 12.7 Å². The molecule has 3 rings (SSSR count). The Kier molecular flexibility index (Phi) is 5.61. The molecule has 28 heavy (non-hydrogen) atoms. The fourth-order valence-electron chi connectivity index (χ4n) is 2.55. The van der Waals surface area contributed by atoms with E-state index in [9.17, 15) is 19.1 Å². The molecule has 0 atom stereocenters. The highest BCUT2D eigenvalue weighted by atomic mass is 35.5. The first-order valence-electron chi connectivity index (χ1n) is 8.31. The zero-order valence-electron chi connectivity index (χ0n) is 14.8. The molecule has 0 heterocycles. The zero-order valence-corrected chi connectivity index (χ0v) is 15.5. The molecular weight excluding hydrogens is 383 g/mol. The van der Waals surface area contributed by atoms with Crippen molar-refractivity contribution in [2.45, 2.75) is 6.92 Å². The Morgan fingerprint density at radius 3 is 2.36 bits per heavy atom. The van der Waals surface area contributed by atoms with Gasteiger partial charge in [0, 0.05) is 16.9 Å². The number of hydrogen-bond acceptors (Lipinski definition) is 3. The summed E-state index contributed by atoms with van der Waals surface area (Å²) in [7, 11) is 0. The van der Waals surface area contributed by atoms with Gasteiger partial charge in [-0.3, -0.25) is 9.59 Å². The third-order valence-electron chi connectivity index (χ3n) is 4.06. The lowest BCUT2D eigenvalue weighted by Gasteiger charge is -2.12. The number of hydrogen-bond donors (Lipinski definition) is 3. The van der Waals surface area contributed by atoms with E-state index in [1.54, 1.807) is 25.1 Å². The van der Waals surface area contributed by atoms with E-state index in [2.05, 4.69) is 10.6 Å².